The number of nitrogens with one attached hydrogen (secondary N) is 1. The van der Waals surface area contributed by atoms with E-state index in [0.29, 0.717) is 5.56 Å². The molecule has 114 valence electrons. The smallest absolute Gasteiger partial charge is 0.361 e. The van der Waals surface area contributed by atoms with Crippen LogP contribution in [0, 0.1) is 6.92 Å². The highest BCUT2D eigenvalue weighted by molar-refractivity contribution is 6.04. The zero-order chi connectivity index (χ0) is 16.2. The summed E-state index contributed by atoms with van der Waals surface area (Å²) in [6, 6.07) is 12.0. The summed E-state index contributed by atoms with van der Waals surface area (Å²) < 4.78 is 38.4. The van der Waals surface area contributed by atoms with E-state index in [1.54, 1.807) is 24.3 Å². The Kier molecular flexibility index (Phi) is 4.65. The van der Waals surface area contributed by atoms with E-state index in [2.05, 4.69) is 5.32 Å². The van der Waals surface area contributed by atoms with Gasteiger partial charge in [0.1, 0.15) is 0 Å². The van der Waals surface area contributed by atoms with Gasteiger partial charge in [-0.15, -0.1) is 0 Å². The van der Waals surface area contributed by atoms with Crippen LogP contribution in [0.3, 0.4) is 0 Å². The fourth-order valence-corrected chi connectivity index (χ4v) is 1.88. The molecule has 0 saturated heterocycles. The molecule has 5 heteroatoms. The van der Waals surface area contributed by atoms with Crippen molar-refractivity contribution in [3.05, 3.63) is 77.5 Å². The molecular formula is C17H14F3NO. The third kappa shape index (κ3) is 3.97. The molecule has 1 N–H and O–H groups in total. The Morgan fingerprint density at radius 2 is 1.68 bits per heavy atom. The number of hydrogen-bond acceptors (Lipinski definition) is 2. The van der Waals surface area contributed by atoms with E-state index < -0.39 is 11.7 Å². The fraction of sp³-hybridized carbons (Fsp3) is 0.118. The summed E-state index contributed by atoms with van der Waals surface area (Å²) in [5.74, 6) is -0.281. The molecule has 0 saturated carbocycles. The van der Waals surface area contributed by atoms with E-state index in [-0.39, 0.29) is 11.5 Å². The average Bonchev–Trinajstić information content (AvgIpc) is 2.47. The van der Waals surface area contributed by atoms with Gasteiger partial charge in [-0.1, -0.05) is 42.0 Å². The molecule has 2 aromatic rings. The molecule has 0 bridgehead atoms. The van der Waals surface area contributed by atoms with Crippen molar-refractivity contribution in [2.24, 2.45) is 0 Å². The highest BCUT2D eigenvalue weighted by atomic mass is 19.4. The number of alkyl halides is 3. The predicted octanol–water partition coefficient (Wildman–Crippen LogP) is 4.82. The molecule has 0 amide bonds. The van der Waals surface area contributed by atoms with Crippen LogP contribution in [0.25, 0.3) is 0 Å². The molecule has 0 atom stereocenters. The number of para-hydroxylation sites is 1. The van der Waals surface area contributed by atoms with Crippen molar-refractivity contribution in [2.75, 3.05) is 5.32 Å². The lowest BCUT2D eigenvalue weighted by Gasteiger charge is -2.11. The van der Waals surface area contributed by atoms with Crippen LogP contribution in [0.1, 0.15) is 21.5 Å². The maximum atomic E-state index is 12.8. The van der Waals surface area contributed by atoms with Crippen molar-refractivity contribution in [2.45, 2.75) is 13.1 Å². The van der Waals surface area contributed by atoms with Crippen LogP contribution in [0.4, 0.5) is 18.9 Å². The molecule has 0 aromatic heterocycles. The van der Waals surface area contributed by atoms with Crippen molar-refractivity contribution in [3.63, 3.8) is 0 Å². The van der Waals surface area contributed by atoms with E-state index in [9.17, 15) is 18.0 Å². The molecule has 0 heterocycles. The fourth-order valence-electron chi connectivity index (χ4n) is 1.88. The minimum absolute atomic E-state index is 0.0945. The largest absolute Gasteiger partial charge is 0.418 e. The van der Waals surface area contributed by atoms with Crippen molar-refractivity contribution >= 4 is 11.5 Å². The van der Waals surface area contributed by atoms with Crippen LogP contribution >= 0.6 is 0 Å². The minimum Gasteiger partial charge on any atom is -0.361 e. The Labute approximate surface area is 126 Å². The highest BCUT2D eigenvalue weighted by Gasteiger charge is 2.32. The van der Waals surface area contributed by atoms with Gasteiger partial charge in [0.05, 0.1) is 11.3 Å². The molecular weight excluding hydrogens is 291 g/mol. The quantitative estimate of drug-likeness (QED) is 0.648. The maximum absolute atomic E-state index is 12.8. The van der Waals surface area contributed by atoms with E-state index in [4.69, 9.17) is 0 Å². The number of hydrogen-bond donors (Lipinski definition) is 1. The van der Waals surface area contributed by atoms with Gasteiger partial charge in [0.15, 0.2) is 5.78 Å². The predicted molar refractivity (Wildman–Crippen MR) is 79.7 cm³/mol. The Morgan fingerprint density at radius 1 is 1.05 bits per heavy atom. The number of rotatable bonds is 4. The van der Waals surface area contributed by atoms with Gasteiger partial charge in [0.25, 0.3) is 0 Å². The second-order valence-electron chi connectivity index (χ2n) is 4.75. The first-order chi connectivity index (χ1) is 10.4. The summed E-state index contributed by atoms with van der Waals surface area (Å²) in [6.07, 6.45) is -2.02. The SMILES string of the molecule is Cc1ccc(C(=O)/C=C/Nc2ccccc2C(F)(F)F)cc1. The first-order valence-electron chi connectivity index (χ1n) is 6.58. The molecule has 0 fully saturated rings. The summed E-state index contributed by atoms with van der Waals surface area (Å²) in [4.78, 5) is 11.9. The Hall–Kier alpha value is -2.56. The normalized spacial score (nSPS) is 11.6. The van der Waals surface area contributed by atoms with Gasteiger partial charge in [-0.25, -0.2) is 0 Å². The number of benzene rings is 2. The van der Waals surface area contributed by atoms with E-state index in [0.717, 1.165) is 11.6 Å². The van der Waals surface area contributed by atoms with Gasteiger partial charge >= 0.3 is 6.18 Å². The molecule has 0 aliphatic rings. The Bertz CT molecular complexity index is 688. The van der Waals surface area contributed by atoms with Crippen molar-refractivity contribution in [1.82, 2.24) is 0 Å². The molecule has 22 heavy (non-hydrogen) atoms. The van der Waals surface area contributed by atoms with E-state index in [1.165, 1.54) is 30.5 Å². The number of carbonyl (C=O) groups is 1. The molecule has 0 unspecified atom stereocenters. The lowest BCUT2D eigenvalue weighted by atomic mass is 10.1. The van der Waals surface area contributed by atoms with Crippen molar-refractivity contribution < 1.29 is 18.0 Å². The van der Waals surface area contributed by atoms with E-state index in [1.807, 2.05) is 6.92 Å². The maximum Gasteiger partial charge on any atom is 0.418 e. The van der Waals surface area contributed by atoms with Gasteiger partial charge < -0.3 is 5.32 Å². The molecule has 2 aromatic carbocycles. The molecule has 0 aliphatic carbocycles. The molecule has 2 rings (SSSR count). The van der Waals surface area contributed by atoms with Gasteiger partial charge in [-0.2, -0.15) is 13.2 Å². The monoisotopic (exact) mass is 305 g/mol. The zero-order valence-electron chi connectivity index (χ0n) is 11.8. The van der Waals surface area contributed by atoms with Gasteiger partial charge in [-0.05, 0) is 19.1 Å². The second kappa shape index (κ2) is 6.47. The molecule has 0 spiro atoms. The lowest BCUT2D eigenvalue weighted by Crippen LogP contribution is -2.08. The van der Waals surface area contributed by atoms with Gasteiger partial charge in [0.2, 0.25) is 0 Å². The van der Waals surface area contributed by atoms with E-state index >= 15 is 0 Å². The third-order valence-electron chi connectivity index (χ3n) is 3.04. The summed E-state index contributed by atoms with van der Waals surface area (Å²) in [5, 5.41) is 2.51. The van der Waals surface area contributed by atoms with Gasteiger partial charge in [0, 0.05) is 17.8 Å². The summed E-state index contributed by atoms with van der Waals surface area (Å²) in [7, 11) is 0. The average molecular weight is 305 g/mol. The number of allylic oxidation sites excluding steroid dienone is 1. The number of carbonyl (C=O) groups excluding carboxylic acids is 1. The van der Waals surface area contributed by atoms with Crippen LogP contribution in [-0.2, 0) is 6.18 Å². The molecule has 0 aliphatic heterocycles. The molecule has 0 radical (unpaired) electrons. The number of ketones is 1. The van der Waals surface area contributed by atoms with Crippen LogP contribution < -0.4 is 5.32 Å². The number of halogens is 3. The topological polar surface area (TPSA) is 29.1 Å². The highest BCUT2D eigenvalue weighted by Crippen LogP contribution is 2.34. The van der Waals surface area contributed by atoms with Crippen molar-refractivity contribution in [3.8, 4) is 0 Å². The standard InChI is InChI=1S/C17H14F3NO/c1-12-6-8-13(9-7-12)16(22)10-11-21-15-5-3-2-4-14(15)17(18,19)20/h2-11,21H,1H3/b11-10+. The van der Waals surface area contributed by atoms with Crippen molar-refractivity contribution in [1.29, 1.82) is 0 Å². The summed E-state index contributed by atoms with van der Waals surface area (Å²) in [5.41, 5.74) is 0.635. The summed E-state index contributed by atoms with van der Waals surface area (Å²) >= 11 is 0. The first kappa shape index (κ1) is 15.8. The second-order valence-corrected chi connectivity index (χ2v) is 4.75. The Balaban J connectivity index is 2.10. The van der Waals surface area contributed by atoms with Gasteiger partial charge in [-0.3, -0.25) is 4.79 Å². The minimum atomic E-state index is -4.45. The van der Waals surface area contributed by atoms with Crippen LogP contribution in [0.2, 0.25) is 0 Å². The number of aryl methyl sites for hydroxylation is 1. The van der Waals surface area contributed by atoms with Crippen LogP contribution in [0.5, 0.6) is 0 Å². The first-order valence-corrected chi connectivity index (χ1v) is 6.58. The van der Waals surface area contributed by atoms with Crippen LogP contribution in [-0.4, -0.2) is 5.78 Å². The Morgan fingerprint density at radius 3 is 2.32 bits per heavy atom. The third-order valence-corrected chi connectivity index (χ3v) is 3.04. The zero-order valence-corrected chi connectivity index (χ0v) is 11.8. The molecule has 2 nitrogen and oxygen atoms in total. The number of anilines is 1. The lowest BCUT2D eigenvalue weighted by molar-refractivity contribution is -0.136. The summed E-state index contributed by atoms with van der Waals surface area (Å²) in [6.45, 7) is 1.90. The van der Waals surface area contributed by atoms with Crippen LogP contribution in [0.15, 0.2) is 60.8 Å².